The zero-order valence-electron chi connectivity index (χ0n) is 8.05. The van der Waals surface area contributed by atoms with Gasteiger partial charge >= 0.3 is 5.69 Å². The lowest BCUT2D eigenvalue weighted by Crippen LogP contribution is -2.03. The van der Waals surface area contributed by atoms with E-state index in [9.17, 15) is 10.1 Å². The van der Waals surface area contributed by atoms with E-state index in [0.717, 1.165) is 5.57 Å². The van der Waals surface area contributed by atoms with Gasteiger partial charge in [0.1, 0.15) is 6.61 Å². The Morgan fingerprint density at radius 3 is 2.80 bits per heavy atom. The number of nitro groups is 1. The first-order chi connectivity index (χ1) is 7.15. The van der Waals surface area contributed by atoms with Crippen molar-refractivity contribution in [3.8, 4) is 5.75 Å². The minimum absolute atomic E-state index is 0.0375. The number of nitrogens with zero attached hydrogens (tertiary/aromatic N) is 1. The molecule has 0 bridgehead atoms. The average molecular weight is 225 g/mol. The smallest absolute Gasteiger partial charge is 0.310 e. The van der Waals surface area contributed by atoms with E-state index >= 15 is 0 Å². The quantitative estimate of drug-likeness (QED) is 0.362. The van der Waals surface area contributed by atoms with Gasteiger partial charge in [-0.2, -0.15) is 12.6 Å². The van der Waals surface area contributed by atoms with Gasteiger partial charge < -0.3 is 4.74 Å². The number of thiol groups is 1. The van der Waals surface area contributed by atoms with Gasteiger partial charge in [-0.3, -0.25) is 10.1 Å². The van der Waals surface area contributed by atoms with E-state index in [0.29, 0.717) is 5.75 Å². The molecule has 0 amide bonds. The second-order valence-corrected chi connectivity index (χ2v) is 3.24. The second-order valence-electron chi connectivity index (χ2n) is 2.92. The van der Waals surface area contributed by atoms with Crippen LogP contribution in [0.25, 0.3) is 0 Å². The van der Waals surface area contributed by atoms with Crippen LogP contribution < -0.4 is 4.74 Å². The van der Waals surface area contributed by atoms with Gasteiger partial charge in [0.25, 0.3) is 0 Å². The normalized spacial score (nSPS) is 9.67. The van der Waals surface area contributed by atoms with Crippen LogP contribution in [0.2, 0.25) is 0 Å². The molecule has 0 atom stereocenters. The van der Waals surface area contributed by atoms with Crippen LogP contribution in [0.5, 0.6) is 5.75 Å². The maximum atomic E-state index is 10.6. The van der Waals surface area contributed by atoms with E-state index in [1.807, 2.05) is 0 Å². The van der Waals surface area contributed by atoms with Crippen LogP contribution >= 0.6 is 12.6 Å². The Bertz CT molecular complexity index is 379. The highest BCUT2D eigenvalue weighted by Gasteiger charge is 2.13. The lowest BCUT2D eigenvalue weighted by Gasteiger charge is -2.06. The van der Waals surface area contributed by atoms with Crippen molar-refractivity contribution in [2.75, 3.05) is 12.4 Å². The average Bonchev–Trinajstić information content (AvgIpc) is 2.26. The van der Waals surface area contributed by atoms with Crippen LogP contribution in [0.4, 0.5) is 5.69 Å². The molecule has 0 aliphatic rings. The summed E-state index contributed by atoms with van der Waals surface area (Å²) in [7, 11) is 0. The third-order valence-corrected chi connectivity index (χ3v) is 2.16. The molecule has 5 heteroatoms. The molecule has 1 aromatic carbocycles. The maximum Gasteiger partial charge on any atom is 0.310 e. The van der Waals surface area contributed by atoms with Crippen LogP contribution in [0.3, 0.4) is 0 Å². The number of para-hydroxylation sites is 2. The van der Waals surface area contributed by atoms with E-state index in [-0.39, 0.29) is 18.0 Å². The molecule has 1 aromatic rings. The van der Waals surface area contributed by atoms with Gasteiger partial charge in [0.2, 0.25) is 0 Å². The van der Waals surface area contributed by atoms with Crippen molar-refractivity contribution in [3.05, 3.63) is 46.5 Å². The summed E-state index contributed by atoms with van der Waals surface area (Å²) in [6.07, 6.45) is 0. The topological polar surface area (TPSA) is 52.4 Å². The number of hydrogen-bond acceptors (Lipinski definition) is 4. The number of nitro benzene ring substituents is 1. The van der Waals surface area contributed by atoms with E-state index < -0.39 is 4.92 Å². The van der Waals surface area contributed by atoms with Crippen molar-refractivity contribution < 1.29 is 9.66 Å². The van der Waals surface area contributed by atoms with Crippen molar-refractivity contribution in [1.29, 1.82) is 0 Å². The first-order valence-corrected chi connectivity index (χ1v) is 4.92. The summed E-state index contributed by atoms with van der Waals surface area (Å²) in [5.41, 5.74) is 0.737. The summed E-state index contributed by atoms with van der Waals surface area (Å²) >= 11 is 4.02. The predicted molar refractivity (Wildman–Crippen MR) is 61.6 cm³/mol. The third kappa shape index (κ3) is 3.28. The van der Waals surface area contributed by atoms with Crippen molar-refractivity contribution in [2.24, 2.45) is 0 Å². The highest BCUT2D eigenvalue weighted by Crippen LogP contribution is 2.25. The minimum Gasteiger partial charge on any atom is -0.482 e. The highest BCUT2D eigenvalue weighted by molar-refractivity contribution is 7.80. The Balaban J connectivity index is 2.76. The zero-order chi connectivity index (χ0) is 11.3. The number of ether oxygens (including phenoxy) is 1. The molecule has 0 radical (unpaired) electrons. The molecule has 0 spiro atoms. The van der Waals surface area contributed by atoms with E-state index in [1.165, 1.54) is 6.07 Å². The van der Waals surface area contributed by atoms with E-state index in [1.54, 1.807) is 18.2 Å². The molecule has 0 aromatic heterocycles. The summed E-state index contributed by atoms with van der Waals surface area (Å²) in [5, 5.41) is 10.6. The van der Waals surface area contributed by atoms with Gasteiger partial charge in [-0.1, -0.05) is 18.7 Å². The maximum absolute atomic E-state index is 10.6. The Morgan fingerprint density at radius 1 is 1.53 bits per heavy atom. The number of benzene rings is 1. The van der Waals surface area contributed by atoms with Crippen molar-refractivity contribution in [2.45, 2.75) is 0 Å². The van der Waals surface area contributed by atoms with Crippen LogP contribution in [0.15, 0.2) is 36.4 Å². The van der Waals surface area contributed by atoms with Gasteiger partial charge in [-0.25, -0.2) is 0 Å². The van der Waals surface area contributed by atoms with Crippen molar-refractivity contribution in [1.82, 2.24) is 0 Å². The SMILES string of the molecule is C=C(CS)COc1ccccc1[N+](=O)[O-]. The molecule has 0 fully saturated rings. The predicted octanol–water partition coefficient (Wildman–Crippen LogP) is 2.46. The van der Waals surface area contributed by atoms with Gasteiger partial charge in [0, 0.05) is 11.8 Å². The second kappa shape index (κ2) is 5.41. The van der Waals surface area contributed by atoms with E-state index in [2.05, 4.69) is 19.2 Å². The Hall–Kier alpha value is -1.49. The molecule has 80 valence electrons. The van der Waals surface area contributed by atoms with Gasteiger partial charge in [-0.15, -0.1) is 0 Å². The van der Waals surface area contributed by atoms with E-state index in [4.69, 9.17) is 4.74 Å². The molecule has 0 unspecified atom stereocenters. The monoisotopic (exact) mass is 225 g/mol. The number of hydrogen-bond donors (Lipinski definition) is 1. The Labute approximate surface area is 93.1 Å². The fourth-order valence-corrected chi connectivity index (χ4v) is 1.05. The lowest BCUT2D eigenvalue weighted by molar-refractivity contribution is -0.385. The van der Waals surface area contributed by atoms with Crippen LogP contribution in [-0.4, -0.2) is 17.3 Å². The molecule has 15 heavy (non-hydrogen) atoms. The van der Waals surface area contributed by atoms with Gasteiger partial charge in [0.15, 0.2) is 5.75 Å². The summed E-state index contributed by atoms with van der Waals surface area (Å²) in [5.74, 6) is 0.756. The first-order valence-electron chi connectivity index (χ1n) is 4.29. The molecule has 4 nitrogen and oxygen atoms in total. The Morgan fingerprint density at radius 2 is 2.20 bits per heavy atom. The van der Waals surface area contributed by atoms with Crippen LogP contribution in [0, 0.1) is 10.1 Å². The fourth-order valence-electron chi connectivity index (χ4n) is 0.956. The third-order valence-electron chi connectivity index (χ3n) is 1.72. The largest absolute Gasteiger partial charge is 0.482 e. The molecular formula is C10H11NO3S. The summed E-state index contributed by atoms with van der Waals surface area (Å²) in [4.78, 5) is 10.2. The Kier molecular flexibility index (Phi) is 4.17. The lowest BCUT2D eigenvalue weighted by atomic mass is 10.3. The molecule has 0 heterocycles. The molecule has 0 saturated carbocycles. The van der Waals surface area contributed by atoms with Gasteiger partial charge in [-0.05, 0) is 11.6 Å². The molecular weight excluding hydrogens is 214 g/mol. The minimum atomic E-state index is -0.473. The molecule has 0 aliphatic heterocycles. The van der Waals surface area contributed by atoms with Crippen LogP contribution in [0.1, 0.15) is 0 Å². The fraction of sp³-hybridized carbons (Fsp3) is 0.200. The number of rotatable bonds is 5. The van der Waals surface area contributed by atoms with Crippen LogP contribution in [-0.2, 0) is 0 Å². The zero-order valence-corrected chi connectivity index (χ0v) is 8.94. The standard InChI is InChI=1S/C10H11NO3S/c1-8(7-15)6-14-10-5-3-2-4-9(10)11(12)13/h2-5,15H,1,6-7H2. The van der Waals surface area contributed by atoms with Gasteiger partial charge in [0.05, 0.1) is 4.92 Å². The summed E-state index contributed by atoms with van der Waals surface area (Å²) < 4.78 is 5.26. The van der Waals surface area contributed by atoms with Crippen molar-refractivity contribution >= 4 is 18.3 Å². The first kappa shape index (κ1) is 11.6. The van der Waals surface area contributed by atoms with Crippen molar-refractivity contribution in [3.63, 3.8) is 0 Å². The molecule has 0 N–H and O–H groups in total. The summed E-state index contributed by atoms with van der Waals surface area (Å²) in [6, 6.07) is 6.24. The summed E-state index contributed by atoms with van der Waals surface area (Å²) in [6.45, 7) is 3.94. The molecule has 0 saturated heterocycles. The molecule has 1 rings (SSSR count). The highest BCUT2D eigenvalue weighted by atomic mass is 32.1. The molecule has 0 aliphatic carbocycles.